The van der Waals surface area contributed by atoms with Crippen LogP contribution in [-0.2, 0) is 13.8 Å². The van der Waals surface area contributed by atoms with E-state index >= 15 is 0 Å². The molecule has 1 rings (SSSR count). The first-order valence-corrected chi connectivity index (χ1v) is 7.89. The van der Waals surface area contributed by atoms with Gasteiger partial charge < -0.3 is 4.74 Å². The highest BCUT2D eigenvalue weighted by Crippen LogP contribution is 2.26. The first kappa shape index (κ1) is 15.3. The van der Waals surface area contributed by atoms with Gasteiger partial charge in [-0.05, 0) is 31.5 Å². The molecule has 0 aliphatic carbocycles. The van der Waals surface area contributed by atoms with Crippen LogP contribution in [0, 0.1) is 0 Å². The van der Waals surface area contributed by atoms with Crippen molar-refractivity contribution in [2.45, 2.75) is 31.3 Å². The van der Waals surface area contributed by atoms with Crippen molar-refractivity contribution < 1.29 is 17.9 Å². The predicted molar refractivity (Wildman–Crippen MR) is 69.7 cm³/mol. The van der Waals surface area contributed by atoms with E-state index in [-0.39, 0.29) is 21.6 Å². The molecule has 0 aliphatic heterocycles. The molecule has 0 heterocycles. The monoisotopic (exact) mass is 310 g/mol. The number of benzene rings is 1. The Bertz CT molecular complexity index is 554. The van der Waals surface area contributed by atoms with Gasteiger partial charge in [0.15, 0.2) is 0 Å². The normalized spacial score (nSPS) is 13.1. The number of esters is 1. The third kappa shape index (κ3) is 3.86. The SMILES string of the molecule is CCC(C)OC(=O)c1ccc(Cl)c(S(=O)(=O)Cl)c1. The number of ether oxygens (including phenoxy) is 1. The van der Waals surface area contributed by atoms with E-state index in [0.717, 1.165) is 6.07 Å². The molecule has 1 atom stereocenters. The third-order valence-corrected chi connectivity index (χ3v) is 4.12. The molecule has 4 nitrogen and oxygen atoms in total. The average molecular weight is 311 g/mol. The lowest BCUT2D eigenvalue weighted by molar-refractivity contribution is 0.0334. The number of carbonyl (C=O) groups excluding carboxylic acids is 1. The summed E-state index contributed by atoms with van der Waals surface area (Å²) >= 11 is 5.70. The largest absolute Gasteiger partial charge is 0.459 e. The number of carbonyl (C=O) groups is 1. The maximum Gasteiger partial charge on any atom is 0.338 e. The second-order valence-corrected chi connectivity index (χ2v) is 6.65. The fourth-order valence-corrected chi connectivity index (χ4v) is 2.64. The van der Waals surface area contributed by atoms with Gasteiger partial charge in [0.1, 0.15) is 4.90 Å². The molecule has 0 aromatic heterocycles. The Morgan fingerprint density at radius 2 is 2.06 bits per heavy atom. The summed E-state index contributed by atoms with van der Waals surface area (Å²) in [6, 6.07) is 3.79. The van der Waals surface area contributed by atoms with Crippen molar-refractivity contribution in [2.75, 3.05) is 0 Å². The van der Waals surface area contributed by atoms with Crippen molar-refractivity contribution in [3.63, 3.8) is 0 Å². The molecule has 7 heteroatoms. The predicted octanol–water partition coefficient (Wildman–Crippen LogP) is 3.22. The zero-order chi connectivity index (χ0) is 13.9. The molecule has 1 aromatic rings. The molecule has 0 N–H and O–H groups in total. The minimum absolute atomic E-state index is 0.0370. The molecule has 0 radical (unpaired) electrons. The zero-order valence-electron chi connectivity index (χ0n) is 9.81. The van der Waals surface area contributed by atoms with Crippen LogP contribution in [0.1, 0.15) is 30.6 Å². The first-order valence-electron chi connectivity index (χ1n) is 5.21. The number of hydrogen-bond acceptors (Lipinski definition) is 4. The Balaban J connectivity index is 3.10. The Kier molecular flexibility index (Phi) is 5.01. The smallest absolute Gasteiger partial charge is 0.338 e. The lowest BCUT2D eigenvalue weighted by Gasteiger charge is -2.11. The second kappa shape index (κ2) is 5.91. The van der Waals surface area contributed by atoms with E-state index < -0.39 is 15.0 Å². The topological polar surface area (TPSA) is 60.4 Å². The Morgan fingerprint density at radius 1 is 1.44 bits per heavy atom. The van der Waals surface area contributed by atoms with Crippen LogP contribution >= 0.6 is 22.3 Å². The van der Waals surface area contributed by atoms with Gasteiger partial charge in [0.2, 0.25) is 0 Å². The van der Waals surface area contributed by atoms with Crippen LogP contribution in [-0.4, -0.2) is 20.5 Å². The highest BCUT2D eigenvalue weighted by Gasteiger charge is 2.19. The van der Waals surface area contributed by atoms with Crippen molar-refractivity contribution in [3.8, 4) is 0 Å². The molecule has 100 valence electrons. The molecular weight excluding hydrogens is 299 g/mol. The highest BCUT2D eigenvalue weighted by molar-refractivity contribution is 8.13. The maximum atomic E-state index is 11.7. The zero-order valence-corrected chi connectivity index (χ0v) is 12.1. The van der Waals surface area contributed by atoms with Gasteiger partial charge in [0.05, 0.1) is 16.7 Å². The molecule has 0 saturated carbocycles. The first-order chi connectivity index (χ1) is 8.25. The summed E-state index contributed by atoms with van der Waals surface area (Å²) in [7, 11) is 1.22. The van der Waals surface area contributed by atoms with Crippen molar-refractivity contribution in [2.24, 2.45) is 0 Å². The Labute approximate surface area is 115 Å². The Hall–Kier alpha value is -0.780. The van der Waals surface area contributed by atoms with Crippen molar-refractivity contribution in [3.05, 3.63) is 28.8 Å². The van der Waals surface area contributed by atoms with E-state index in [0.29, 0.717) is 6.42 Å². The molecule has 0 aliphatic rings. The molecule has 0 fully saturated rings. The molecule has 0 spiro atoms. The van der Waals surface area contributed by atoms with Crippen LogP contribution in [0.15, 0.2) is 23.1 Å². The number of hydrogen-bond donors (Lipinski definition) is 0. The molecule has 1 unspecified atom stereocenters. The summed E-state index contributed by atoms with van der Waals surface area (Å²) in [5.41, 5.74) is 0.0962. The molecule has 0 bridgehead atoms. The van der Waals surface area contributed by atoms with E-state index in [1.165, 1.54) is 12.1 Å². The highest BCUT2D eigenvalue weighted by atomic mass is 35.7. The summed E-state index contributed by atoms with van der Waals surface area (Å²) in [6.07, 6.45) is 0.421. The molecule has 18 heavy (non-hydrogen) atoms. The third-order valence-electron chi connectivity index (χ3n) is 2.31. The number of rotatable bonds is 4. The van der Waals surface area contributed by atoms with E-state index in [4.69, 9.17) is 27.0 Å². The fraction of sp³-hybridized carbons (Fsp3) is 0.364. The van der Waals surface area contributed by atoms with Gasteiger partial charge in [0.25, 0.3) is 9.05 Å². The van der Waals surface area contributed by atoms with Crippen LogP contribution in [0.4, 0.5) is 0 Å². The second-order valence-electron chi connectivity index (χ2n) is 3.71. The summed E-state index contributed by atoms with van der Waals surface area (Å²) < 4.78 is 27.5. The summed E-state index contributed by atoms with van der Waals surface area (Å²) in [5, 5.41) is -0.0370. The quantitative estimate of drug-likeness (QED) is 0.633. The van der Waals surface area contributed by atoms with E-state index in [9.17, 15) is 13.2 Å². The van der Waals surface area contributed by atoms with E-state index in [2.05, 4.69) is 0 Å². The van der Waals surface area contributed by atoms with Crippen molar-refractivity contribution in [1.82, 2.24) is 0 Å². The minimum atomic E-state index is -3.99. The van der Waals surface area contributed by atoms with Gasteiger partial charge in [-0.1, -0.05) is 18.5 Å². The van der Waals surface area contributed by atoms with Crippen molar-refractivity contribution in [1.29, 1.82) is 0 Å². The van der Waals surface area contributed by atoms with Crippen LogP contribution in [0.25, 0.3) is 0 Å². The molecular formula is C11H12Cl2O4S. The lowest BCUT2D eigenvalue weighted by Crippen LogP contribution is -2.14. The fourth-order valence-electron chi connectivity index (χ4n) is 1.15. The van der Waals surface area contributed by atoms with Gasteiger partial charge >= 0.3 is 5.97 Å². The van der Waals surface area contributed by atoms with Crippen LogP contribution in [0.5, 0.6) is 0 Å². The van der Waals surface area contributed by atoms with Crippen LogP contribution in [0.3, 0.4) is 0 Å². The maximum absolute atomic E-state index is 11.7. The minimum Gasteiger partial charge on any atom is -0.459 e. The van der Waals surface area contributed by atoms with E-state index in [1.54, 1.807) is 6.92 Å². The van der Waals surface area contributed by atoms with Gasteiger partial charge in [-0.3, -0.25) is 0 Å². The summed E-state index contributed by atoms with van der Waals surface area (Å²) in [6.45, 7) is 3.61. The van der Waals surface area contributed by atoms with Gasteiger partial charge in [0, 0.05) is 10.7 Å². The van der Waals surface area contributed by atoms with Crippen LogP contribution < -0.4 is 0 Å². The lowest BCUT2D eigenvalue weighted by atomic mass is 10.2. The van der Waals surface area contributed by atoms with Gasteiger partial charge in [-0.2, -0.15) is 0 Å². The van der Waals surface area contributed by atoms with Gasteiger partial charge in [-0.15, -0.1) is 0 Å². The molecule has 0 saturated heterocycles. The summed E-state index contributed by atoms with van der Waals surface area (Å²) in [4.78, 5) is 11.4. The molecule has 1 aromatic carbocycles. The van der Waals surface area contributed by atoms with Gasteiger partial charge in [-0.25, -0.2) is 13.2 Å². The molecule has 0 amide bonds. The van der Waals surface area contributed by atoms with Crippen LogP contribution in [0.2, 0.25) is 5.02 Å². The standard InChI is InChI=1S/C11H12Cl2O4S/c1-3-7(2)17-11(14)8-4-5-9(12)10(6-8)18(13,15)16/h4-7H,3H2,1-2H3. The average Bonchev–Trinajstić information content (AvgIpc) is 2.27. The van der Waals surface area contributed by atoms with E-state index in [1.807, 2.05) is 6.92 Å². The summed E-state index contributed by atoms with van der Waals surface area (Å²) in [5.74, 6) is -0.609. The van der Waals surface area contributed by atoms with Crippen molar-refractivity contribution >= 4 is 37.3 Å². The Morgan fingerprint density at radius 3 is 2.56 bits per heavy atom. The number of halogens is 2.